The molecule has 0 saturated heterocycles. The molecule has 0 saturated carbocycles. The van der Waals surface area contributed by atoms with Gasteiger partial charge < -0.3 is 5.32 Å². The van der Waals surface area contributed by atoms with Crippen LogP contribution in [0.25, 0.3) is 11.3 Å². The number of nitrogens with zero attached hydrogens (tertiary/aromatic N) is 3. The Balaban J connectivity index is 1.64. The van der Waals surface area contributed by atoms with E-state index in [0.29, 0.717) is 6.54 Å². The molecule has 0 radical (unpaired) electrons. The molecule has 0 bridgehead atoms. The summed E-state index contributed by atoms with van der Waals surface area (Å²) in [5, 5.41) is 7.47. The Bertz CT molecular complexity index is 675. The molecule has 0 aromatic carbocycles. The number of hydrogen-bond donors (Lipinski definition) is 1. The highest BCUT2D eigenvalue weighted by Gasteiger charge is 2.18. The summed E-state index contributed by atoms with van der Waals surface area (Å²) in [5.41, 5.74) is 2.96. The summed E-state index contributed by atoms with van der Waals surface area (Å²) in [6.45, 7) is 0.470. The van der Waals surface area contributed by atoms with Crippen molar-refractivity contribution in [1.29, 1.82) is 0 Å². The summed E-state index contributed by atoms with van der Waals surface area (Å²) in [6.07, 6.45) is 10.5. The van der Waals surface area contributed by atoms with Gasteiger partial charge in [-0.1, -0.05) is 12.2 Å². The molecule has 0 aliphatic heterocycles. The molecular formula is C17H20N4O. The molecule has 1 atom stereocenters. The third kappa shape index (κ3) is 3.24. The van der Waals surface area contributed by atoms with Gasteiger partial charge in [0.2, 0.25) is 5.91 Å². The van der Waals surface area contributed by atoms with E-state index in [-0.39, 0.29) is 11.8 Å². The highest BCUT2D eigenvalue weighted by Crippen LogP contribution is 2.20. The van der Waals surface area contributed by atoms with Crippen LogP contribution in [0.2, 0.25) is 0 Å². The minimum Gasteiger partial charge on any atom is -0.350 e. The van der Waals surface area contributed by atoms with Gasteiger partial charge in [-0.05, 0) is 37.5 Å². The van der Waals surface area contributed by atoms with E-state index >= 15 is 0 Å². The number of rotatable bonds is 4. The fourth-order valence-electron chi connectivity index (χ4n) is 2.76. The van der Waals surface area contributed by atoms with Crippen LogP contribution in [-0.4, -0.2) is 20.7 Å². The molecular weight excluding hydrogens is 276 g/mol. The molecule has 1 N–H and O–H groups in total. The van der Waals surface area contributed by atoms with Crippen LogP contribution in [-0.2, 0) is 18.4 Å². The van der Waals surface area contributed by atoms with E-state index in [0.717, 1.165) is 36.2 Å². The van der Waals surface area contributed by atoms with Gasteiger partial charge in [0.1, 0.15) is 0 Å². The number of aromatic nitrogens is 3. The monoisotopic (exact) mass is 296 g/mol. The van der Waals surface area contributed by atoms with E-state index < -0.39 is 0 Å². The maximum Gasteiger partial charge on any atom is 0.223 e. The Morgan fingerprint density at radius 1 is 1.36 bits per heavy atom. The summed E-state index contributed by atoms with van der Waals surface area (Å²) in [6, 6.07) is 5.91. The minimum absolute atomic E-state index is 0.105. The molecule has 22 heavy (non-hydrogen) atoms. The molecule has 5 nitrogen and oxygen atoms in total. The second-order valence-electron chi connectivity index (χ2n) is 5.58. The predicted octanol–water partition coefficient (Wildman–Crippen LogP) is 2.45. The molecule has 2 aromatic rings. The molecule has 0 fully saturated rings. The summed E-state index contributed by atoms with van der Waals surface area (Å²) < 4.78 is 1.83. The van der Waals surface area contributed by atoms with Crippen molar-refractivity contribution in [3.05, 3.63) is 48.4 Å². The zero-order valence-electron chi connectivity index (χ0n) is 12.7. The average Bonchev–Trinajstić information content (AvgIpc) is 2.95. The van der Waals surface area contributed by atoms with E-state index in [1.54, 1.807) is 12.4 Å². The van der Waals surface area contributed by atoms with Gasteiger partial charge in [0.05, 0.1) is 17.9 Å². The van der Waals surface area contributed by atoms with Gasteiger partial charge in [-0.2, -0.15) is 5.10 Å². The third-order valence-corrected chi connectivity index (χ3v) is 3.99. The van der Waals surface area contributed by atoms with Crippen molar-refractivity contribution < 1.29 is 4.79 Å². The number of pyridine rings is 1. The van der Waals surface area contributed by atoms with E-state index in [1.807, 2.05) is 29.9 Å². The Morgan fingerprint density at radius 3 is 2.91 bits per heavy atom. The lowest BCUT2D eigenvalue weighted by Gasteiger charge is -2.16. The molecule has 0 spiro atoms. The standard InChI is InChI=1S/C17H20N4O/c1-21-16(13-7-9-18-10-8-13)11-15(20-21)12-19-17(22)14-5-3-2-4-6-14/h2-3,7-11,14H,4-6,12H2,1H3,(H,19,22)/t14-/m0/s1. The Hall–Kier alpha value is -2.43. The number of amides is 1. The van der Waals surface area contributed by atoms with Crippen molar-refractivity contribution in [3.63, 3.8) is 0 Å². The fourth-order valence-corrected chi connectivity index (χ4v) is 2.76. The van der Waals surface area contributed by atoms with Crippen molar-refractivity contribution in [2.24, 2.45) is 13.0 Å². The van der Waals surface area contributed by atoms with E-state index in [2.05, 4.69) is 27.6 Å². The van der Waals surface area contributed by atoms with Gasteiger partial charge in [-0.15, -0.1) is 0 Å². The van der Waals surface area contributed by atoms with Crippen LogP contribution in [0.3, 0.4) is 0 Å². The first kappa shape index (κ1) is 14.5. The van der Waals surface area contributed by atoms with Gasteiger partial charge in [0.25, 0.3) is 0 Å². The van der Waals surface area contributed by atoms with Crippen LogP contribution in [0, 0.1) is 5.92 Å². The second kappa shape index (κ2) is 6.56. The molecule has 3 rings (SSSR count). The quantitative estimate of drug-likeness (QED) is 0.882. The first-order valence-corrected chi connectivity index (χ1v) is 7.60. The van der Waals surface area contributed by atoms with Crippen molar-refractivity contribution in [2.75, 3.05) is 0 Å². The summed E-state index contributed by atoms with van der Waals surface area (Å²) >= 11 is 0. The Kier molecular flexibility index (Phi) is 4.32. The molecule has 1 aliphatic rings. The van der Waals surface area contributed by atoms with Crippen molar-refractivity contribution >= 4 is 5.91 Å². The molecule has 5 heteroatoms. The van der Waals surface area contributed by atoms with Gasteiger partial charge in [0.15, 0.2) is 0 Å². The van der Waals surface area contributed by atoms with E-state index in [9.17, 15) is 4.79 Å². The van der Waals surface area contributed by atoms with E-state index in [1.165, 1.54) is 0 Å². The molecule has 0 unspecified atom stereocenters. The van der Waals surface area contributed by atoms with Crippen molar-refractivity contribution in [3.8, 4) is 11.3 Å². The van der Waals surface area contributed by atoms with Crippen molar-refractivity contribution in [1.82, 2.24) is 20.1 Å². The fraction of sp³-hybridized carbons (Fsp3) is 0.353. The lowest BCUT2D eigenvalue weighted by molar-refractivity contribution is -0.125. The van der Waals surface area contributed by atoms with Crippen LogP contribution < -0.4 is 5.32 Å². The Labute approximate surface area is 130 Å². The smallest absolute Gasteiger partial charge is 0.223 e. The molecule has 2 heterocycles. The topological polar surface area (TPSA) is 59.8 Å². The first-order valence-electron chi connectivity index (χ1n) is 7.60. The summed E-state index contributed by atoms with van der Waals surface area (Å²) in [7, 11) is 1.91. The zero-order valence-corrected chi connectivity index (χ0v) is 12.7. The van der Waals surface area contributed by atoms with Gasteiger partial charge >= 0.3 is 0 Å². The zero-order chi connectivity index (χ0) is 15.4. The number of allylic oxidation sites excluding steroid dienone is 2. The lowest BCUT2D eigenvalue weighted by Crippen LogP contribution is -2.30. The molecule has 114 valence electrons. The highest BCUT2D eigenvalue weighted by molar-refractivity contribution is 5.79. The van der Waals surface area contributed by atoms with Crippen LogP contribution >= 0.6 is 0 Å². The van der Waals surface area contributed by atoms with E-state index in [4.69, 9.17) is 0 Å². The van der Waals surface area contributed by atoms with Gasteiger partial charge in [0, 0.05) is 30.9 Å². The maximum atomic E-state index is 12.1. The first-order chi connectivity index (χ1) is 10.7. The number of aryl methyl sites for hydroxylation is 1. The Morgan fingerprint density at radius 2 is 2.18 bits per heavy atom. The maximum absolute atomic E-state index is 12.1. The summed E-state index contributed by atoms with van der Waals surface area (Å²) in [5.74, 6) is 0.230. The average molecular weight is 296 g/mol. The highest BCUT2D eigenvalue weighted by atomic mass is 16.1. The van der Waals surface area contributed by atoms with Crippen LogP contribution in [0.1, 0.15) is 25.0 Å². The molecule has 1 aliphatic carbocycles. The van der Waals surface area contributed by atoms with Crippen LogP contribution in [0.5, 0.6) is 0 Å². The minimum atomic E-state index is 0.105. The SMILES string of the molecule is Cn1nc(CNC(=O)[C@H]2CC=CCC2)cc1-c1ccncc1. The largest absolute Gasteiger partial charge is 0.350 e. The van der Waals surface area contributed by atoms with Crippen molar-refractivity contribution in [2.45, 2.75) is 25.8 Å². The molecule has 1 amide bonds. The van der Waals surface area contributed by atoms with Gasteiger partial charge in [-0.3, -0.25) is 14.5 Å². The second-order valence-corrected chi connectivity index (χ2v) is 5.58. The molecule has 2 aromatic heterocycles. The van der Waals surface area contributed by atoms with Crippen LogP contribution in [0.15, 0.2) is 42.7 Å². The van der Waals surface area contributed by atoms with Crippen LogP contribution in [0.4, 0.5) is 0 Å². The number of nitrogens with one attached hydrogen (secondary N) is 1. The normalized spacial score (nSPS) is 17.4. The third-order valence-electron chi connectivity index (χ3n) is 3.99. The van der Waals surface area contributed by atoms with Gasteiger partial charge in [-0.25, -0.2) is 0 Å². The summed E-state index contributed by atoms with van der Waals surface area (Å²) in [4.78, 5) is 16.2. The number of carbonyl (C=O) groups is 1. The number of carbonyl (C=O) groups excluding carboxylic acids is 1. The number of hydrogen-bond acceptors (Lipinski definition) is 3. The lowest BCUT2D eigenvalue weighted by atomic mass is 9.94. The predicted molar refractivity (Wildman–Crippen MR) is 84.8 cm³/mol.